The molecule has 0 spiro atoms. The van der Waals surface area contributed by atoms with Gasteiger partial charge in [0.1, 0.15) is 0 Å². The van der Waals surface area contributed by atoms with Crippen LogP contribution in [0.1, 0.15) is 78.1 Å². The Kier molecular flexibility index (Phi) is 3.40. The number of carbonyl (C=O) groups excluding carboxylic acids is 1. The Morgan fingerprint density at radius 1 is 0.864 bits per heavy atom. The third kappa shape index (κ3) is 1.88. The van der Waals surface area contributed by atoms with E-state index in [0.717, 1.165) is 30.1 Å². The topological polar surface area (TPSA) is 43.1 Å². The van der Waals surface area contributed by atoms with E-state index >= 15 is 0 Å². The zero-order chi connectivity index (χ0) is 15.5. The first-order chi connectivity index (χ1) is 10.5. The molecule has 4 saturated carbocycles. The van der Waals surface area contributed by atoms with Crippen LogP contribution in [0.5, 0.6) is 0 Å². The van der Waals surface area contributed by atoms with Crippen molar-refractivity contribution in [3.63, 3.8) is 0 Å². The van der Waals surface area contributed by atoms with Crippen molar-refractivity contribution in [1.29, 1.82) is 0 Å². The zero-order valence-corrected chi connectivity index (χ0v) is 14.4. The van der Waals surface area contributed by atoms with Crippen LogP contribution in [0, 0.1) is 40.4 Å². The van der Waals surface area contributed by atoms with Gasteiger partial charge in [-0.15, -0.1) is 0 Å². The van der Waals surface area contributed by atoms with Gasteiger partial charge in [-0.3, -0.25) is 4.79 Å². The van der Waals surface area contributed by atoms with Crippen LogP contribution in [0.4, 0.5) is 0 Å². The number of fused-ring (bicyclic) bond motifs is 5. The molecule has 7 atom stereocenters. The molecule has 4 fully saturated rings. The molecule has 0 aromatic carbocycles. The molecular weight excluding hydrogens is 270 g/mol. The van der Waals surface area contributed by atoms with E-state index in [2.05, 4.69) is 13.8 Å². The van der Waals surface area contributed by atoms with E-state index in [-0.39, 0.29) is 17.2 Å². The number of primary amides is 1. The number of nitrogens with two attached hydrogens (primary N) is 1. The van der Waals surface area contributed by atoms with Crippen molar-refractivity contribution in [2.75, 3.05) is 0 Å². The van der Waals surface area contributed by atoms with Crippen LogP contribution in [0.2, 0.25) is 0 Å². The van der Waals surface area contributed by atoms with Crippen LogP contribution in [0.3, 0.4) is 0 Å². The molecule has 4 rings (SSSR count). The minimum absolute atomic E-state index is 0.0268. The number of carbonyl (C=O) groups is 1. The lowest BCUT2D eigenvalue weighted by Crippen LogP contribution is -2.53. The van der Waals surface area contributed by atoms with Gasteiger partial charge in [0.2, 0.25) is 5.91 Å². The van der Waals surface area contributed by atoms with Crippen molar-refractivity contribution in [3.8, 4) is 0 Å². The fourth-order valence-corrected chi connectivity index (χ4v) is 7.76. The smallest absolute Gasteiger partial charge is 0.221 e. The Morgan fingerprint density at radius 2 is 1.64 bits per heavy atom. The zero-order valence-electron chi connectivity index (χ0n) is 14.4. The second-order valence-electron chi connectivity index (χ2n) is 9.48. The van der Waals surface area contributed by atoms with Crippen molar-refractivity contribution in [1.82, 2.24) is 0 Å². The van der Waals surface area contributed by atoms with Gasteiger partial charge in [0.05, 0.1) is 0 Å². The summed E-state index contributed by atoms with van der Waals surface area (Å²) >= 11 is 0. The molecule has 2 heteroatoms. The lowest BCUT2D eigenvalue weighted by molar-refractivity contribution is -0.134. The van der Waals surface area contributed by atoms with Gasteiger partial charge < -0.3 is 5.73 Å². The van der Waals surface area contributed by atoms with Gasteiger partial charge in [-0.1, -0.05) is 26.7 Å². The average Bonchev–Trinajstić information content (AvgIpc) is 2.84. The van der Waals surface area contributed by atoms with Crippen molar-refractivity contribution >= 4 is 5.91 Å². The average molecular weight is 303 g/mol. The molecule has 2 nitrogen and oxygen atoms in total. The molecule has 0 aliphatic heterocycles. The fraction of sp³-hybridized carbons (Fsp3) is 0.950. The van der Waals surface area contributed by atoms with Gasteiger partial charge >= 0.3 is 0 Å². The van der Waals surface area contributed by atoms with E-state index < -0.39 is 0 Å². The van der Waals surface area contributed by atoms with E-state index in [4.69, 9.17) is 5.73 Å². The molecule has 0 aromatic rings. The van der Waals surface area contributed by atoms with Gasteiger partial charge in [-0.05, 0) is 85.9 Å². The van der Waals surface area contributed by atoms with Gasteiger partial charge in [0, 0.05) is 5.92 Å². The Labute approximate surface area is 135 Å². The minimum Gasteiger partial charge on any atom is -0.369 e. The molecule has 0 saturated heterocycles. The largest absolute Gasteiger partial charge is 0.369 e. The van der Waals surface area contributed by atoms with Gasteiger partial charge in [0.15, 0.2) is 0 Å². The maximum absolute atomic E-state index is 11.9. The van der Waals surface area contributed by atoms with Gasteiger partial charge in [0.25, 0.3) is 0 Å². The van der Waals surface area contributed by atoms with Crippen LogP contribution >= 0.6 is 0 Å². The predicted molar refractivity (Wildman–Crippen MR) is 89.0 cm³/mol. The van der Waals surface area contributed by atoms with Crippen LogP contribution < -0.4 is 5.73 Å². The van der Waals surface area contributed by atoms with Crippen molar-refractivity contribution in [2.24, 2.45) is 46.2 Å². The molecule has 0 heterocycles. The lowest BCUT2D eigenvalue weighted by atomic mass is 9.45. The normalized spacial score (nSPS) is 54.2. The molecule has 1 amide bonds. The molecule has 0 aromatic heterocycles. The van der Waals surface area contributed by atoms with E-state index in [1.807, 2.05) is 0 Å². The number of hydrogen-bond donors (Lipinski definition) is 1. The first-order valence-electron chi connectivity index (χ1n) is 9.76. The Morgan fingerprint density at radius 3 is 2.41 bits per heavy atom. The van der Waals surface area contributed by atoms with Crippen molar-refractivity contribution in [3.05, 3.63) is 0 Å². The molecule has 2 N–H and O–H groups in total. The minimum atomic E-state index is -0.0268. The van der Waals surface area contributed by atoms with Gasteiger partial charge in [-0.2, -0.15) is 0 Å². The molecule has 124 valence electrons. The lowest BCUT2D eigenvalue weighted by Gasteiger charge is -2.60. The third-order valence-corrected chi connectivity index (χ3v) is 8.93. The summed E-state index contributed by atoms with van der Waals surface area (Å²) in [6.45, 7) is 5.02. The molecular formula is C20H33NO. The summed E-state index contributed by atoms with van der Waals surface area (Å²) in [6, 6.07) is 0. The second kappa shape index (κ2) is 4.98. The van der Waals surface area contributed by atoms with Crippen LogP contribution in [0.15, 0.2) is 0 Å². The van der Waals surface area contributed by atoms with Crippen LogP contribution in [-0.4, -0.2) is 5.91 Å². The van der Waals surface area contributed by atoms with Crippen molar-refractivity contribution in [2.45, 2.75) is 78.1 Å². The van der Waals surface area contributed by atoms with Crippen LogP contribution in [-0.2, 0) is 4.79 Å². The first kappa shape index (κ1) is 15.0. The summed E-state index contributed by atoms with van der Waals surface area (Å²) in [6.07, 6.45) is 13.6. The van der Waals surface area contributed by atoms with Crippen LogP contribution in [0.25, 0.3) is 0 Å². The Hall–Kier alpha value is -0.530. The summed E-state index contributed by atoms with van der Waals surface area (Å²) in [5.74, 6) is 3.68. The highest BCUT2D eigenvalue weighted by Gasteiger charge is 2.60. The maximum Gasteiger partial charge on any atom is 0.221 e. The number of rotatable bonds is 1. The number of amides is 1. The molecule has 1 unspecified atom stereocenters. The van der Waals surface area contributed by atoms with E-state index in [1.165, 1.54) is 57.8 Å². The molecule has 4 aliphatic rings. The molecule has 0 bridgehead atoms. The van der Waals surface area contributed by atoms with E-state index in [1.54, 1.807) is 0 Å². The Balaban J connectivity index is 1.63. The van der Waals surface area contributed by atoms with E-state index in [9.17, 15) is 4.79 Å². The monoisotopic (exact) mass is 303 g/mol. The summed E-state index contributed by atoms with van der Waals surface area (Å²) in [7, 11) is 0. The van der Waals surface area contributed by atoms with E-state index in [0.29, 0.717) is 5.41 Å². The highest BCUT2D eigenvalue weighted by Crippen LogP contribution is 2.67. The SMILES string of the molecule is C[C@]12CC[C@H]3[C@@H](CCC4CCCC[C@@]43C)[C@@H]1CC[C@@H]2C(N)=O. The molecule has 22 heavy (non-hydrogen) atoms. The molecule has 4 aliphatic carbocycles. The standard InChI is InChI=1S/C20H33NO/c1-19-11-4-3-5-13(19)6-7-14-15-8-9-17(18(21)22)20(15,2)12-10-16(14)19/h13-17H,3-12H2,1-2H3,(H2,21,22)/t13?,14-,15-,16-,17+,19-,20-/m0/s1. The fourth-order valence-electron chi connectivity index (χ4n) is 7.76. The predicted octanol–water partition coefficient (Wildman–Crippen LogP) is 4.52. The maximum atomic E-state index is 11.9. The summed E-state index contributed by atoms with van der Waals surface area (Å²) in [4.78, 5) is 11.9. The summed E-state index contributed by atoms with van der Waals surface area (Å²) in [5.41, 5.74) is 6.57. The summed E-state index contributed by atoms with van der Waals surface area (Å²) < 4.78 is 0. The highest BCUT2D eigenvalue weighted by molar-refractivity contribution is 5.78. The third-order valence-electron chi connectivity index (χ3n) is 8.93. The first-order valence-corrected chi connectivity index (χ1v) is 9.76. The Bertz CT molecular complexity index is 474. The van der Waals surface area contributed by atoms with Crippen molar-refractivity contribution < 1.29 is 4.79 Å². The van der Waals surface area contributed by atoms with Gasteiger partial charge in [-0.25, -0.2) is 0 Å². The molecule has 0 radical (unpaired) electrons. The highest BCUT2D eigenvalue weighted by atomic mass is 16.1. The second-order valence-corrected chi connectivity index (χ2v) is 9.48. The quantitative estimate of drug-likeness (QED) is 0.760. The summed E-state index contributed by atoms with van der Waals surface area (Å²) in [5, 5.41) is 0. The number of hydrogen-bond acceptors (Lipinski definition) is 1.